The normalized spacial score (nSPS) is 19.1. The number of likely N-dealkylation sites (tertiary alicyclic amines) is 1. The number of nitrogens with zero attached hydrogens (tertiary/aromatic N) is 1. The Morgan fingerprint density at radius 3 is 2.67 bits per heavy atom. The molecule has 1 heterocycles. The number of benzene rings is 1. The van der Waals surface area contributed by atoms with Crippen LogP contribution in [0.5, 0.6) is 0 Å². The highest BCUT2D eigenvalue weighted by atomic mass is 16.5. The number of hydrogen-bond donors (Lipinski definition) is 2. The number of alkyl carbamates (subject to hydrolysis) is 1. The lowest BCUT2D eigenvalue weighted by Crippen LogP contribution is -2.41. The summed E-state index contributed by atoms with van der Waals surface area (Å²) in [5.74, 6) is 0.346. The van der Waals surface area contributed by atoms with Crippen LogP contribution in [0.15, 0.2) is 30.3 Å². The van der Waals surface area contributed by atoms with Crippen molar-refractivity contribution in [2.75, 3.05) is 13.1 Å². The van der Waals surface area contributed by atoms with E-state index in [2.05, 4.69) is 5.32 Å². The first-order valence-corrected chi connectivity index (χ1v) is 8.33. The molecule has 1 aromatic carbocycles. The Kier molecular flexibility index (Phi) is 6.06. The minimum absolute atomic E-state index is 0.261. The van der Waals surface area contributed by atoms with Gasteiger partial charge < -0.3 is 20.1 Å². The standard InChI is InChI=1S/C18H26N2O4/c1-18(2)11-15(12-20(18)17(22)23)9-6-10-19-16(21)24-13-14-7-4-3-5-8-14/h3-5,7-8,15H,6,9-13H2,1-2H3,(H,19,21)(H,22,23)/t15-/m1/s1. The molecule has 0 aromatic heterocycles. The Bertz CT molecular complexity index is 559. The molecule has 6 heteroatoms. The molecule has 0 saturated carbocycles. The first-order valence-electron chi connectivity index (χ1n) is 8.33. The van der Waals surface area contributed by atoms with Crippen molar-refractivity contribution in [3.63, 3.8) is 0 Å². The van der Waals surface area contributed by atoms with Gasteiger partial charge in [0.05, 0.1) is 0 Å². The Hall–Kier alpha value is -2.24. The molecule has 1 atom stereocenters. The van der Waals surface area contributed by atoms with Gasteiger partial charge in [0.25, 0.3) is 0 Å². The lowest BCUT2D eigenvalue weighted by molar-refractivity contribution is 0.117. The van der Waals surface area contributed by atoms with Crippen molar-refractivity contribution in [2.45, 2.75) is 45.3 Å². The highest BCUT2D eigenvalue weighted by molar-refractivity contribution is 5.67. The summed E-state index contributed by atoms with van der Waals surface area (Å²) >= 11 is 0. The fraction of sp³-hybridized carbons (Fsp3) is 0.556. The Morgan fingerprint density at radius 1 is 1.33 bits per heavy atom. The predicted molar refractivity (Wildman–Crippen MR) is 90.8 cm³/mol. The highest BCUT2D eigenvalue weighted by Crippen LogP contribution is 2.34. The summed E-state index contributed by atoms with van der Waals surface area (Å²) in [7, 11) is 0. The van der Waals surface area contributed by atoms with Crippen molar-refractivity contribution in [3.8, 4) is 0 Å². The van der Waals surface area contributed by atoms with Gasteiger partial charge in [-0.05, 0) is 44.6 Å². The van der Waals surface area contributed by atoms with Crippen LogP contribution in [0.1, 0.15) is 38.7 Å². The minimum atomic E-state index is -0.856. The molecular weight excluding hydrogens is 308 g/mol. The summed E-state index contributed by atoms with van der Waals surface area (Å²) in [5, 5.41) is 12.0. The van der Waals surface area contributed by atoms with Gasteiger partial charge in [0.15, 0.2) is 0 Å². The third-order valence-corrected chi connectivity index (χ3v) is 4.46. The van der Waals surface area contributed by atoms with Crippen molar-refractivity contribution in [1.82, 2.24) is 10.2 Å². The molecule has 2 amide bonds. The zero-order valence-corrected chi connectivity index (χ0v) is 14.3. The molecule has 1 aliphatic rings. The average Bonchev–Trinajstić information content (AvgIpc) is 2.85. The maximum absolute atomic E-state index is 11.6. The number of carboxylic acid groups (broad SMARTS) is 1. The van der Waals surface area contributed by atoms with Crippen LogP contribution in [0.3, 0.4) is 0 Å². The van der Waals surface area contributed by atoms with E-state index in [1.165, 1.54) is 4.90 Å². The smallest absolute Gasteiger partial charge is 0.407 e. The van der Waals surface area contributed by atoms with Gasteiger partial charge in [0.1, 0.15) is 6.61 Å². The number of carbonyl (C=O) groups excluding carboxylic acids is 1. The van der Waals surface area contributed by atoms with Gasteiger partial charge in [-0.1, -0.05) is 30.3 Å². The zero-order valence-electron chi connectivity index (χ0n) is 14.3. The van der Waals surface area contributed by atoms with Crippen molar-refractivity contribution < 1.29 is 19.4 Å². The third kappa shape index (κ3) is 5.15. The molecule has 24 heavy (non-hydrogen) atoms. The summed E-state index contributed by atoms with van der Waals surface area (Å²) in [6.07, 6.45) is 1.29. The first-order chi connectivity index (χ1) is 11.4. The molecule has 1 aliphatic heterocycles. The molecule has 0 unspecified atom stereocenters. The number of rotatable bonds is 6. The van der Waals surface area contributed by atoms with Crippen molar-refractivity contribution in [1.29, 1.82) is 0 Å². The number of nitrogens with one attached hydrogen (secondary N) is 1. The first kappa shape index (κ1) is 18.1. The van der Waals surface area contributed by atoms with E-state index < -0.39 is 12.2 Å². The van der Waals surface area contributed by atoms with E-state index in [0.29, 0.717) is 19.0 Å². The lowest BCUT2D eigenvalue weighted by Gasteiger charge is -2.28. The second-order valence-electron chi connectivity index (χ2n) is 6.91. The fourth-order valence-corrected chi connectivity index (χ4v) is 3.27. The Balaban J connectivity index is 1.61. The molecule has 0 aliphatic carbocycles. The molecule has 0 radical (unpaired) electrons. The van der Waals surface area contributed by atoms with E-state index >= 15 is 0 Å². The van der Waals surface area contributed by atoms with Crippen LogP contribution >= 0.6 is 0 Å². The maximum Gasteiger partial charge on any atom is 0.407 e. The van der Waals surface area contributed by atoms with Crippen LogP contribution in [0.25, 0.3) is 0 Å². The van der Waals surface area contributed by atoms with Gasteiger partial charge in [-0.15, -0.1) is 0 Å². The van der Waals surface area contributed by atoms with E-state index in [0.717, 1.165) is 24.8 Å². The SMILES string of the molecule is CC1(C)C[C@@H](CCCNC(=O)OCc2ccccc2)CN1C(=O)O. The van der Waals surface area contributed by atoms with E-state index in [1.807, 2.05) is 44.2 Å². The van der Waals surface area contributed by atoms with Gasteiger partial charge in [-0.2, -0.15) is 0 Å². The highest BCUT2D eigenvalue weighted by Gasteiger charge is 2.40. The van der Waals surface area contributed by atoms with Gasteiger partial charge >= 0.3 is 12.2 Å². The van der Waals surface area contributed by atoms with E-state index in [1.54, 1.807) is 0 Å². The van der Waals surface area contributed by atoms with E-state index in [-0.39, 0.29) is 12.1 Å². The van der Waals surface area contributed by atoms with Crippen molar-refractivity contribution in [2.24, 2.45) is 5.92 Å². The van der Waals surface area contributed by atoms with Gasteiger partial charge in [0.2, 0.25) is 0 Å². The summed E-state index contributed by atoms with van der Waals surface area (Å²) in [6.45, 7) is 5.29. The molecule has 2 N–H and O–H groups in total. The number of amides is 2. The molecule has 0 bridgehead atoms. The zero-order chi connectivity index (χ0) is 17.6. The monoisotopic (exact) mass is 334 g/mol. The van der Waals surface area contributed by atoms with Crippen LogP contribution in [0, 0.1) is 5.92 Å². The van der Waals surface area contributed by atoms with Crippen LogP contribution in [-0.2, 0) is 11.3 Å². The molecular formula is C18H26N2O4. The molecule has 2 rings (SSSR count). The molecule has 6 nitrogen and oxygen atoms in total. The largest absolute Gasteiger partial charge is 0.465 e. The quantitative estimate of drug-likeness (QED) is 0.781. The Labute approximate surface area is 142 Å². The molecule has 132 valence electrons. The van der Waals surface area contributed by atoms with Crippen LogP contribution in [0.2, 0.25) is 0 Å². The summed E-state index contributed by atoms with van der Waals surface area (Å²) in [5.41, 5.74) is 0.646. The molecule has 0 spiro atoms. The van der Waals surface area contributed by atoms with E-state index in [4.69, 9.17) is 4.74 Å². The lowest BCUT2D eigenvalue weighted by atomic mass is 9.93. The van der Waals surface area contributed by atoms with Crippen molar-refractivity contribution >= 4 is 12.2 Å². The number of carbonyl (C=O) groups is 2. The summed E-state index contributed by atoms with van der Waals surface area (Å²) in [4.78, 5) is 24.4. The van der Waals surface area contributed by atoms with Gasteiger partial charge in [-0.3, -0.25) is 0 Å². The Morgan fingerprint density at radius 2 is 2.04 bits per heavy atom. The molecule has 1 aromatic rings. The molecule has 1 saturated heterocycles. The number of ether oxygens (including phenoxy) is 1. The maximum atomic E-state index is 11.6. The van der Waals surface area contributed by atoms with Gasteiger partial charge in [0, 0.05) is 18.6 Å². The van der Waals surface area contributed by atoms with Gasteiger partial charge in [-0.25, -0.2) is 9.59 Å². The van der Waals surface area contributed by atoms with Crippen LogP contribution in [-0.4, -0.2) is 40.8 Å². The summed E-state index contributed by atoms with van der Waals surface area (Å²) in [6, 6.07) is 9.53. The second-order valence-corrected chi connectivity index (χ2v) is 6.91. The minimum Gasteiger partial charge on any atom is -0.465 e. The topological polar surface area (TPSA) is 78.9 Å². The van der Waals surface area contributed by atoms with Crippen LogP contribution in [0.4, 0.5) is 9.59 Å². The van der Waals surface area contributed by atoms with Crippen molar-refractivity contribution in [3.05, 3.63) is 35.9 Å². The fourth-order valence-electron chi connectivity index (χ4n) is 3.27. The van der Waals surface area contributed by atoms with Crippen LogP contribution < -0.4 is 5.32 Å². The second kappa shape index (κ2) is 8.04. The number of hydrogen-bond acceptors (Lipinski definition) is 3. The summed E-state index contributed by atoms with van der Waals surface area (Å²) < 4.78 is 5.15. The molecule has 1 fully saturated rings. The third-order valence-electron chi connectivity index (χ3n) is 4.46. The van der Waals surface area contributed by atoms with E-state index in [9.17, 15) is 14.7 Å². The average molecular weight is 334 g/mol. The predicted octanol–water partition coefficient (Wildman–Crippen LogP) is 3.47.